The molecule has 0 aliphatic carbocycles. The van der Waals surface area contributed by atoms with Crippen LogP contribution in [0.15, 0.2) is 51.9 Å². The van der Waals surface area contributed by atoms with E-state index in [2.05, 4.69) is 10.1 Å². The Balaban J connectivity index is 1.58. The summed E-state index contributed by atoms with van der Waals surface area (Å²) in [5, 5.41) is 4.30. The van der Waals surface area contributed by atoms with Crippen molar-refractivity contribution in [1.82, 2.24) is 10.1 Å². The number of benzene rings is 2. The fourth-order valence-electron chi connectivity index (χ4n) is 2.35. The molecule has 2 aromatic carbocycles. The van der Waals surface area contributed by atoms with Gasteiger partial charge in [-0.25, -0.2) is 8.42 Å². The number of hydrogen-bond acceptors (Lipinski definition) is 7. The van der Waals surface area contributed by atoms with Crippen LogP contribution in [0.25, 0.3) is 11.4 Å². The van der Waals surface area contributed by atoms with Crippen molar-refractivity contribution in [3.63, 3.8) is 0 Å². The molecule has 3 aromatic rings. The van der Waals surface area contributed by atoms with E-state index in [1.807, 2.05) is 0 Å². The molecule has 0 saturated carbocycles. The highest BCUT2D eigenvalue weighted by molar-refractivity contribution is 7.90. The Morgan fingerprint density at radius 3 is 2.60 bits per heavy atom. The van der Waals surface area contributed by atoms with Crippen LogP contribution in [-0.4, -0.2) is 25.4 Å². The van der Waals surface area contributed by atoms with Crippen LogP contribution < -0.4 is 9.47 Å². The molecular weight excluding hydrogens is 368 g/mol. The zero-order chi connectivity index (χ0) is 17.4. The Labute approximate surface area is 148 Å². The summed E-state index contributed by atoms with van der Waals surface area (Å²) in [4.78, 5) is 4.29. The third-order valence-corrected chi connectivity index (χ3v) is 5.45. The van der Waals surface area contributed by atoms with Crippen molar-refractivity contribution < 1.29 is 22.4 Å². The predicted octanol–water partition coefficient (Wildman–Crippen LogP) is 3.09. The molecule has 0 N–H and O–H groups in total. The molecule has 0 saturated heterocycles. The lowest BCUT2D eigenvalue weighted by atomic mass is 10.2. The molecular formula is C16H11ClN2O5S. The third kappa shape index (κ3) is 3.18. The third-order valence-electron chi connectivity index (χ3n) is 3.59. The number of rotatable bonds is 4. The van der Waals surface area contributed by atoms with E-state index in [0.717, 1.165) is 0 Å². The van der Waals surface area contributed by atoms with E-state index in [1.54, 1.807) is 18.2 Å². The Hall–Kier alpha value is -2.58. The van der Waals surface area contributed by atoms with Crippen molar-refractivity contribution in [1.29, 1.82) is 0 Å². The molecule has 7 nitrogen and oxygen atoms in total. The maximum Gasteiger partial charge on any atom is 0.242 e. The molecule has 2 heterocycles. The number of fused-ring (bicyclic) bond motifs is 1. The zero-order valence-electron chi connectivity index (χ0n) is 12.7. The van der Waals surface area contributed by atoms with E-state index in [4.69, 9.17) is 25.6 Å². The lowest BCUT2D eigenvalue weighted by Crippen LogP contribution is -2.05. The number of aromatic nitrogens is 2. The quantitative estimate of drug-likeness (QED) is 0.688. The van der Waals surface area contributed by atoms with Gasteiger partial charge in [0.1, 0.15) is 5.75 Å². The minimum atomic E-state index is -3.61. The SMILES string of the molecule is O=S(=O)(Cc1nc(-c2ccc3c(c2)OCO3)no1)c1ccc(Cl)cc1. The Kier molecular flexibility index (Phi) is 3.85. The van der Waals surface area contributed by atoms with Crippen molar-refractivity contribution in [3.8, 4) is 22.9 Å². The Morgan fingerprint density at radius 2 is 1.80 bits per heavy atom. The van der Waals surface area contributed by atoms with Gasteiger partial charge < -0.3 is 14.0 Å². The smallest absolute Gasteiger partial charge is 0.242 e. The number of halogens is 1. The molecule has 0 atom stereocenters. The second kappa shape index (κ2) is 6.05. The van der Waals surface area contributed by atoms with Crippen LogP contribution in [-0.2, 0) is 15.6 Å². The minimum Gasteiger partial charge on any atom is -0.454 e. The van der Waals surface area contributed by atoms with Crippen molar-refractivity contribution >= 4 is 21.4 Å². The van der Waals surface area contributed by atoms with E-state index < -0.39 is 15.6 Å². The molecule has 0 bridgehead atoms. The van der Waals surface area contributed by atoms with Crippen LogP contribution >= 0.6 is 11.6 Å². The highest BCUT2D eigenvalue weighted by Crippen LogP contribution is 2.35. The minimum absolute atomic E-state index is 0.00242. The number of nitrogens with zero attached hydrogens (tertiary/aromatic N) is 2. The second-order valence-corrected chi connectivity index (χ2v) is 7.72. The van der Waals surface area contributed by atoms with Crippen molar-refractivity contribution in [3.05, 3.63) is 53.4 Å². The van der Waals surface area contributed by atoms with Gasteiger partial charge in [-0.15, -0.1) is 0 Å². The topological polar surface area (TPSA) is 91.5 Å². The average Bonchev–Trinajstić information content (AvgIpc) is 3.23. The summed E-state index contributed by atoms with van der Waals surface area (Å²) < 4.78 is 40.4. The zero-order valence-corrected chi connectivity index (χ0v) is 14.2. The van der Waals surface area contributed by atoms with Crippen LogP contribution in [0.4, 0.5) is 0 Å². The maximum atomic E-state index is 12.4. The summed E-state index contributed by atoms with van der Waals surface area (Å²) in [6.07, 6.45) is 0. The summed E-state index contributed by atoms with van der Waals surface area (Å²) in [5.41, 5.74) is 0.642. The van der Waals surface area contributed by atoms with Gasteiger partial charge in [-0.2, -0.15) is 4.98 Å². The van der Waals surface area contributed by atoms with Gasteiger partial charge in [0, 0.05) is 10.6 Å². The van der Waals surface area contributed by atoms with Gasteiger partial charge in [0.05, 0.1) is 4.90 Å². The van der Waals surface area contributed by atoms with Crippen molar-refractivity contribution in [2.45, 2.75) is 10.6 Å². The van der Waals surface area contributed by atoms with Crippen LogP contribution in [0.3, 0.4) is 0 Å². The summed E-state index contributed by atoms with van der Waals surface area (Å²) in [6, 6.07) is 11.1. The first-order chi connectivity index (χ1) is 12.0. The second-order valence-electron chi connectivity index (χ2n) is 5.29. The number of sulfone groups is 1. The Bertz CT molecular complexity index is 1030. The predicted molar refractivity (Wildman–Crippen MR) is 88.2 cm³/mol. The Morgan fingerprint density at radius 1 is 1.04 bits per heavy atom. The average molecular weight is 379 g/mol. The van der Waals surface area contributed by atoms with Gasteiger partial charge in [-0.05, 0) is 42.5 Å². The highest BCUT2D eigenvalue weighted by Gasteiger charge is 2.21. The molecule has 0 amide bonds. The van der Waals surface area contributed by atoms with Crippen LogP contribution in [0.2, 0.25) is 5.02 Å². The van der Waals surface area contributed by atoms with Crippen LogP contribution in [0.1, 0.15) is 5.89 Å². The molecule has 1 aliphatic heterocycles. The van der Waals surface area contributed by atoms with Gasteiger partial charge in [-0.1, -0.05) is 16.8 Å². The normalized spacial score (nSPS) is 13.2. The molecule has 0 radical (unpaired) electrons. The largest absolute Gasteiger partial charge is 0.454 e. The maximum absolute atomic E-state index is 12.4. The first-order valence-corrected chi connectivity index (χ1v) is 9.25. The van der Waals surface area contributed by atoms with E-state index in [9.17, 15) is 8.42 Å². The molecule has 25 heavy (non-hydrogen) atoms. The summed E-state index contributed by atoms with van der Waals surface area (Å²) in [7, 11) is -3.61. The van der Waals surface area contributed by atoms with E-state index in [1.165, 1.54) is 24.3 Å². The number of ether oxygens (including phenoxy) is 2. The summed E-state index contributed by atoms with van der Waals surface area (Å²) in [6.45, 7) is 0.162. The van der Waals surface area contributed by atoms with Gasteiger partial charge >= 0.3 is 0 Å². The fraction of sp³-hybridized carbons (Fsp3) is 0.125. The fourth-order valence-corrected chi connectivity index (χ4v) is 3.64. The first kappa shape index (κ1) is 15.9. The molecule has 128 valence electrons. The van der Waals surface area contributed by atoms with E-state index in [-0.39, 0.29) is 23.4 Å². The molecule has 0 fully saturated rings. The standard InChI is InChI=1S/C16H11ClN2O5S/c17-11-2-4-12(5-3-11)25(20,21)8-15-18-16(19-24-15)10-1-6-13-14(7-10)23-9-22-13/h1-7H,8-9H2. The van der Waals surface area contributed by atoms with Gasteiger partial charge in [0.15, 0.2) is 21.3 Å². The first-order valence-electron chi connectivity index (χ1n) is 7.22. The van der Waals surface area contributed by atoms with Crippen LogP contribution in [0.5, 0.6) is 11.5 Å². The van der Waals surface area contributed by atoms with Gasteiger partial charge in [0.2, 0.25) is 18.5 Å². The van der Waals surface area contributed by atoms with Crippen molar-refractivity contribution in [2.24, 2.45) is 0 Å². The summed E-state index contributed by atoms with van der Waals surface area (Å²) >= 11 is 5.78. The van der Waals surface area contributed by atoms with E-state index >= 15 is 0 Å². The lowest BCUT2D eigenvalue weighted by Gasteiger charge is -2.01. The monoisotopic (exact) mass is 378 g/mol. The highest BCUT2D eigenvalue weighted by atomic mass is 35.5. The molecule has 4 rings (SSSR count). The van der Waals surface area contributed by atoms with Crippen LogP contribution in [0, 0.1) is 0 Å². The molecule has 0 spiro atoms. The molecule has 0 unspecified atom stereocenters. The van der Waals surface area contributed by atoms with Gasteiger partial charge in [-0.3, -0.25) is 0 Å². The van der Waals surface area contributed by atoms with Crippen molar-refractivity contribution in [2.75, 3.05) is 6.79 Å². The number of hydrogen-bond donors (Lipinski definition) is 0. The lowest BCUT2D eigenvalue weighted by molar-refractivity contribution is 0.174. The molecule has 1 aromatic heterocycles. The van der Waals surface area contributed by atoms with Gasteiger partial charge in [0.25, 0.3) is 0 Å². The van der Waals surface area contributed by atoms with E-state index in [0.29, 0.717) is 22.1 Å². The molecule has 1 aliphatic rings. The summed E-state index contributed by atoms with van der Waals surface area (Å²) in [5.74, 6) is 1.10. The molecule has 9 heteroatoms.